The average Bonchev–Trinajstić information content (AvgIpc) is 2.18. The van der Waals surface area contributed by atoms with Crippen LogP contribution in [0.5, 0.6) is 0 Å². The average molecular weight is 226 g/mol. The van der Waals surface area contributed by atoms with Gasteiger partial charge in [0, 0.05) is 18.0 Å². The van der Waals surface area contributed by atoms with Gasteiger partial charge in [-0.05, 0) is 25.6 Å². The van der Waals surface area contributed by atoms with Gasteiger partial charge in [0.15, 0.2) is 5.78 Å². The molecule has 15 heavy (non-hydrogen) atoms. The summed E-state index contributed by atoms with van der Waals surface area (Å²) in [5.74, 6) is 0.0917. The molecule has 0 saturated heterocycles. The summed E-state index contributed by atoms with van der Waals surface area (Å²) in [4.78, 5) is 11.8. The number of hydrogen-bond acceptors (Lipinski definition) is 2. The predicted octanol–water partition coefficient (Wildman–Crippen LogP) is 2.91. The molecule has 82 valence electrons. The van der Waals surface area contributed by atoms with E-state index in [0.29, 0.717) is 17.0 Å². The molecule has 0 aliphatic carbocycles. The quantitative estimate of drug-likeness (QED) is 0.781. The first-order valence-corrected chi connectivity index (χ1v) is 5.54. The van der Waals surface area contributed by atoms with E-state index in [4.69, 9.17) is 11.6 Å². The summed E-state index contributed by atoms with van der Waals surface area (Å²) in [6.07, 6.45) is 0.484. The van der Waals surface area contributed by atoms with E-state index in [-0.39, 0.29) is 11.8 Å². The standard InChI is InChI=1S/C12H16ClNO/c1-3-14-9(2)8-12(15)10-6-4-5-7-11(10)13/h4-7,9,14H,3,8H2,1-2H3. The van der Waals surface area contributed by atoms with Gasteiger partial charge in [0.25, 0.3) is 0 Å². The van der Waals surface area contributed by atoms with Crippen LogP contribution in [0.3, 0.4) is 0 Å². The lowest BCUT2D eigenvalue weighted by atomic mass is 10.0. The maximum Gasteiger partial charge on any atom is 0.165 e. The van der Waals surface area contributed by atoms with Crippen molar-refractivity contribution in [1.82, 2.24) is 5.32 Å². The van der Waals surface area contributed by atoms with Crippen LogP contribution >= 0.6 is 11.6 Å². The van der Waals surface area contributed by atoms with Crippen LogP contribution < -0.4 is 5.32 Å². The SMILES string of the molecule is CCNC(C)CC(=O)c1ccccc1Cl. The number of halogens is 1. The Bertz CT molecular complexity index is 338. The number of nitrogens with one attached hydrogen (secondary N) is 1. The maximum atomic E-state index is 11.8. The molecule has 1 aromatic carbocycles. The number of carbonyl (C=O) groups is 1. The van der Waals surface area contributed by atoms with Crippen molar-refractivity contribution in [3.8, 4) is 0 Å². The number of hydrogen-bond donors (Lipinski definition) is 1. The normalized spacial score (nSPS) is 12.5. The van der Waals surface area contributed by atoms with Crippen molar-refractivity contribution in [2.24, 2.45) is 0 Å². The number of ketones is 1. The molecule has 0 aromatic heterocycles. The first kappa shape index (κ1) is 12.2. The second-order valence-electron chi connectivity index (χ2n) is 3.57. The third-order valence-electron chi connectivity index (χ3n) is 2.22. The highest BCUT2D eigenvalue weighted by Gasteiger charge is 2.12. The van der Waals surface area contributed by atoms with E-state index in [1.165, 1.54) is 0 Å². The summed E-state index contributed by atoms with van der Waals surface area (Å²) in [7, 11) is 0. The first-order chi connectivity index (χ1) is 7.15. The Kier molecular flexibility index (Phi) is 4.79. The molecule has 3 heteroatoms. The topological polar surface area (TPSA) is 29.1 Å². The summed E-state index contributed by atoms with van der Waals surface area (Å²) in [5.41, 5.74) is 0.615. The minimum atomic E-state index is 0.0917. The third kappa shape index (κ3) is 3.65. The van der Waals surface area contributed by atoms with Crippen LogP contribution in [0.1, 0.15) is 30.6 Å². The molecule has 0 amide bonds. The molecule has 1 aromatic rings. The molecule has 0 heterocycles. The fraction of sp³-hybridized carbons (Fsp3) is 0.417. The Morgan fingerprint density at radius 2 is 2.13 bits per heavy atom. The molecular formula is C12H16ClNO. The Morgan fingerprint density at radius 1 is 1.47 bits per heavy atom. The van der Waals surface area contributed by atoms with Crippen LogP contribution in [0.25, 0.3) is 0 Å². The van der Waals surface area contributed by atoms with Gasteiger partial charge in [-0.15, -0.1) is 0 Å². The molecule has 0 aliphatic rings. The molecule has 0 spiro atoms. The highest BCUT2D eigenvalue weighted by atomic mass is 35.5. The molecule has 1 N–H and O–H groups in total. The van der Waals surface area contributed by atoms with E-state index in [9.17, 15) is 4.79 Å². The highest BCUT2D eigenvalue weighted by Crippen LogP contribution is 2.17. The first-order valence-electron chi connectivity index (χ1n) is 5.16. The Hall–Kier alpha value is -0.860. The van der Waals surface area contributed by atoms with Crippen molar-refractivity contribution >= 4 is 17.4 Å². The molecule has 1 rings (SSSR count). The zero-order valence-corrected chi connectivity index (χ0v) is 9.84. The van der Waals surface area contributed by atoms with Crippen molar-refractivity contribution in [3.05, 3.63) is 34.9 Å². The lowest BCUT2D eigenvalue weighted by molar-refractivity contribution is 0.0972. The Balaban J connectivity index is 2.65. The minimum Gasteiger partial charge on any atom is -0.314 e. The van der Waals surface area contributed by atoms with Gasteiger partial charge in [-0.2, -0.15) is 0 Å². The van der Waals surface area contributed by atoms with Crippen molar-refractivity contribution < 1.29 is 4.79 Å². The lowest BCUT2D eigenvalue weighted by Gasteiger charge is -2.11. The second-order valence-corrected chi connectivity index (χ2v) is 3.97. The number of rotatable bonds is 5. The van der Waals surface area contributed by atoms with Crippen LogP contribution in [0.2, 0.25) is 5.02 Å². The van der Waals surface area contributed by atoms with E-state index in [0.717, 1.165) is 6.54 Å². The molecule has 0 radical (unpaired) electrons. The molecule has 2 nitrogen and oxygen atoms in total. The zero-order valence-electron chi connectivity index (χ0n) is 9.09. The molecule has 0 saturated carbocycles. The Morgan fingerprint density at radius 3 is 2.73 bits per heavy atom. The molecule has 1 unspecified atom stereocenters. The van der Waals surface area contributed by atoms with Gasteiger partial charge in [0.2, 0.25) is 0 Å². The lowest BCUT2D eigenvalue weighted by Crippen LogP contribution is -2.28. The summed E-state index contributed by atoms with van der Waals surface area (Å²) >= 11 is 5.94. The zero-order chi connectivity index (χ0) is 11.3. The summed E-state index contributed by atoms with van der Waals surface area (Å²) in [6.45, 7) is 4.89. The van der Waals surface area contributed by atoms with Crippen LogP contribution in [-0.2, 0) is 0 Å². The van der Waals surface area contributed by atoms with Crippen molar-refractivity contribution in [2.45, 2.75) is 26.3 Å². The number of benzene rings is 1. The fourth-order valence-corrected chi connectivity index (χ4v) is 1.74. The smallest absolute Gasteiger partial charge is 0.165 e. The Labute approximate surface area is 95.6 Å². The van der Waals surface area contributed by atoms with Gasteiger partial charge < -0.3 is 5.32 Å². The van der Waals surface area contributed by atoms with Crippen LogP contribution in [-0.4, -0.2) is 18.4 Å². The van der Waals surface area contributed by atoms with Gasteiger partial charge in [-0.3, -0.25) is 4.79 Å². The number of Topliss-reactive ketones (excluding diaryl/α,β-unsaturated/α-hetero) is 1. The van der Waals surface area contributed by atoms with Gasteiger partial charge in [-0.1, -0.05) is 30.7 Å². The molecule has 0 fully saturated rings. The van der Waals surface area contributed by atoms with E-state index < -0.39 is 0 Å². The van der Waals surface area contributed by atoms with Crippen molar-refractivity contribution in [3.63, 3.8) is 0 Å². The molecule has 1 atom stereocenters. The summed E-state index contributed by atoms with van der Waals surface area (Å²) < 4.78 is 0. The predicted molar refractivity (Wildman–Crippen MR) is 63.5 cm³/mol. The molecular weight excluding hydrogens is 210 g/mol. The molecule has 0 aliphatic heterocycles. The largest absolute Gasteiger partial charge is 0.314 e. The number of carbonyl (C=O) groups excluding carboxylic acids is 1. The third-order valence-corrected chi connectivity index (χ3v) is 2.55. The van der Waals surface area contributed by atoms with Gasteiger partial charge in [-0.25, -0.2) is 0 Å². The van der Waals surface area contributed by atoms with Crippen LogP contribution in [0.15, 0.2) is 24.3 Å². The van der Waals surface area contributed by atoms with E-state index in [1.807, 2.05) is 26.0 Å². The second kappa shape index (κ2) is 5.89. The van der Waals surface area contributed by atoms with E-state index in [1.54, 1.807) is 12.1 Å². The van der Waals surface area contributed by atoms with Gasteiger partial charge in [0.1, 0.15) is 0 Å². The maximum absolute atomic E-state index is 11.8. The minimum absolute atomic E-state index is 0.0917. The summed E-state index contributed by atoms with van der Waals surface area (Å²) in [5, 5.41) is 3.74. The fourth-order valence-electron chi connectivity index (χ4n) is 1.50. The van der Waals surface area contributed by atoms with E-state index in [2.05, 4.69) is 5.32 Å². The van der Waals surface area contributed by atoms with Gasteiger partial charge >= 0.3 is 0 Å². The van der Waals surface area contributed by atoms with Crippen LogP contribution in [0, 0.1) is 0 Å². The van der Waals surface area contributed by atoms with Crippen molar-refractivity contribution in [2.75, 3.05) is 6.54 Å². The monoisotopic (exact) mass is 225 g/mol. The summed E-state index contributed by atoms with van der Waals surface area (Å²) in [6, 6.07) is 7.36. The highest BCUT2D eigenvalue weighted by molar-refractivity contribution is 6.33. The molecule has 0 bridgehead atoms. The van der Waals surface area contributed by atoms with Crippen molar-refractivity contribution in [1.29, 1.82) is 0 Å². The van der Waals surface area contributed by atoms with Gasteiger partial charge in [0.05, 0.1) is 5.02 Å². The van der Waals surface area contributed by atoms with E-state index >= 15 is 0 Å². The van der Waals surface area contributed by atoms with Crippen LogP contribution in [0.4, 0.5) is 0 Å².